The molecule has 0 spiro atoms. The van der Waals surface area contributed by atoms with Gasteiger partial charge >= 0.3 is 0 Å². The van der Waals surface area contributed by atoms with E-state index in [4.69, 9.17) is 4.42 Å². The molecule has 0 radical (unpaired) electrons. The number of para-hydroxylation sites is 2. The summed E-state index contributed by atoms with van der Waals surface area (Å²) < 4.78 is 8.54. The molecule has 6 aromatic rings. The lowest BCUT2D eigenvalue weighted by Gasteiger charge is -2.05. The van der Waals surface area contributed by atoms with E-state index >= 15 is 0 Å². The molecule has 1 aliphatic rings. The van der Waals surface area contributed by atoms with Crippen LogP contribution in [0.15, 0.2) is 95.4 Å². The Morgan fingerprint density at radius 1 is 0.621 bits per heavy atom. The van der Waals surface area contributed by atoms with Crippen LogP contribution in [-0.4, -0.2) is 4.57 Å². The highest BCUT2D eigenvalue weighted by Gasteiger charge is 2.22. The van der Waals surface area contributed by atoms with Gasteiger partial charge in [-0.05, 0) is 52.9 Å². The lowest BCUT2D eigenvalue weighted by atomic mass is 10.0. The van der Waals surface area contributed by atoms with E-state index in [0.29, 0.717) is 0 Å². The largest absolute Gasteiger partial charge is 0.440 e. The summed E-state index contributed by atoms with van der Waals surface area (Å²) in [6.45, 7) is 0. The summed E-state index contributed by atoms with van der Waals surface area (Å²) in [5.41, 5.74) is 8.83. The Morgan fingerprint density at radius 3 is 2.41 bits per heavy atom. The van der Waals surface area contributed by atoms with Crippen LogP contribution in [0.4, 0.5) is 0 Å². The Kier molecular flexibility index (Phi) is 2.82. The molecule has 0 aliphatic heterocycles. The maximum atomic E-state index is 6.27. The van der Waals surface area contributed by atoms with Crippen LogP contribution in [0.5, 0.6) is 0 Å². The average Bonchev–Trinajstić information content (AvgIpc) is 3.43. The molecular formula is C27H17NO. The fourth-order valence-corrected chi connectivity index (χ4v) is 4.91. The van der Waals surface area contributed by atoms with Crippen LogP contribution < -0.4 is 0 Å². The molecule has 2 aromatic heterocycles. The summed E-state index contributed by atoms with van der Waals surface area (Å²) in [7, 11) is 0. The minimum atomic E-state index is 0.868. The summed E-state index contributed by atoms with van der Waals surface area (Å²) in [4.78, 5) is 0. The van der Waals surface area contributed by atoms with Gasteiger partial charge < -0.3 is 4.42 Å². The molecule has 0 saturated carbocycles. The summed E-state index contributed by atoms with van der Waals surface area (Å²) in [6, 6.07) is 32.4. The molecule has 0 fully saturated rings. The highest BCUT2D eigenvalue weighted by molar-refractivity contribution is 6.11. The van der Waals surface area contributed by atoms with E-state index in [1.807, 2.05) is 12.1 Å². The molecule has 0 saturated heterocycles. The van der Waals surface area contributed by atoms with E-state index in [9.17, 15) is 0 Å². The third-order valence-corrected chi connectivity index (χ3v) is 6.22. The van der Waals surface area contributed by atoms with Gasteiger partial charge in [0.1, 0.15) is 5.58 Å². The maximum Gasteiger partial charge on any atom is 0.205 e. The van der Waals surface area contributed by atoms with Crippen molar-refractivity contribution in [3.63, 3.8) is 0 Å². The topological polar surface area (TPSA) is 18.1 Å². The van der Waals surface area contributed by atoms with Crippen molar-refractivity contribution in [2.75, 3.05) is 0 Å². The standard InChI is InChI=1S/C27H17NO/c1-3-9-20-17(7-1)13-19-14-25-23(16-22(19)20)21-10-4-5-11-24(21)28(25)27-15-18-8-2-6-12-26(18)29-27/h1-12,14-16H,13H2. The number of aromatic nitrogens is 1. The molecule has 0 amide bonds. The number of hydrogen-bond donors (Lipinski definition) is 0. The molecule has 1 aliphatic carbocycles. The first kappa shape index (κ1) is 15.2. The monoisotopic (exact) mass is 371 g/mol. The molecular weight excluding hydrogens is 354 g/mol. The molecule has 2 heteroatoms. The summed E-state index contributed by atoms with van der Waals surface area (Å²) in [5, 5.41) is 3.66. The van der Waals surface area contributed by atoms with Gasteiger partial charge in [-0.25, -0.2) is 0 Å². The summed E-state index contributed by atoms with van der Waals surface area (Å²) in [6.07, 6.45) is 0.989. The smallest absolute Gasteiger partial charge is 0.205 e. The van der Waals surface area contributed by atoms with Crippen molar-refractivity contribution in [1.29, 1.82) is 0 Å². The number of nitrogens with zero attached hydrogens (tertiary/aromatic N) is 1. The second kappa shape index (κ2) is 5.39. The van der Waals surface area contributed by atoms with Crippen LogP contribution in [0, 0.1) is 0 Å². The van der Waals surface area contributed by atoms with Crippen LogP contribution in [0.2, 0.25) is 0 Å². The van der Waals surface area contributed by atoms with Crippen molar-refractivity contribution < 1.29 is 4.42 Å². The van der Waals surface area contributed by atoms with Gasteiger partial charge in [0.25, 0.3) is 0 Å². The summed E-state index contributed by atoms with van der Waals surface area (Å²) >= 11 is 0. The van der Waals surface area contributed by atoms with E-state index in [-0.39, 0.29) is 0 Å². The minimum Gasteiger partial charge on any atom is -0.440 e. The Balaban J connectivity index is 1.60. The first-order valence-corrected chi connectivity index (χ1v) is 10.0. The third kappa shape index (κ3) is 2.01. The van der Waals surface area contributed by atoms with Crippen molar-refractivity contribution >= 4 is 32.8 Å². The Bertz CT molecular complexity index is 1550. The molecule has 4 aromatic carbocycles. The molecule has 7 rings (SSSR count). The predicted octanol–water partition coefficient (Wildman–Crippen LogP) is 7.10. The third-order valence-electron chi connectivity index (χ3n) is 6.22. The highest BCUT2D eigenvalue weighted by Crippen LogP contribution is 2.42. The van der Waals surface area contributed by atoms with Crippen LogP contribution in [0.1, 0.15) is 11.1 Å². The lowest BCUT2D eigenvalue weighted by Crippen LogP contribution is -1.92. The average molecular weight is 371 g/mol. The quantitative estimate of drug-likeness (QED) is 0.301. The molecule has 2 heterocycles. The van der Waals surface area contributed by atoms with Crippen LogP contribution in [-0.2, 0) is 6.42 Å². The first-order valence-electron chi connectivity index (χ1n) is 10.0. The Labute approximate surface area is 167 Å². The second-order valence-electron chi connectivity index (χ2n) is 7.84. The SMILES string of the molecule is c1ccc2c(c1)Cc1cc3c(cc1-2)c1ccccc1n3-c1cc2ccccc2o1. The van der Waals surface area contributed by atoms with Crippen molar-refractivity contribution in [2.45, 2.75) is 6.42 Å². The van der Waals surface area contributed by atoms with Gasteiger partial charge in [0, 0.05) is 22.2 Å². The zero-order valence-corrected chi connectivity index (χ0v) is 15.7. The zero-order valence-electron chi connectivity index (χ0n) is 15.7. The number of benzene rings is 4. The Morgan fingerprint density at radius 2 is 1.45 bits per heavy atom. The zero-order chi connectivity index (χ0) is 18.9. The van der Waals surface area contributed by atoms with Crippen molar-refractivity contribution in [1.82, 2.24) is 4.57 Å². The summed E-state index contributed by atoms with van der Waals surface area (Å²) in [5.74, 6) is 0.868. The Hall–Kier alpha value is -3.78. The van der Waals surface area contributed by atoms with Gasteiger partial charge in [-0.15, -0.1) is 0 Å². The normalized spacial score (nSPS) is 12.7. The minimum absolute atomic E-state index is 0.868. The molecule has 29 heavy (non-hydrogen) atoms. The number of fused-ring (bicyclic) bond motifs is 7. The van der Waals surface area contributed by atoms with Crippen molar-refractivity contribution in [3.8, 4) is 17.0 Å². The van der Waals surface area contributed by atoms with Gasteiger partial charge in [-0.3, -0.25) is 4.57 Å². The van der Waals surface area contributed by atoms with Gasteiger partial charge in [0.15, 0.2) is 0 Å². The molecule has 0 N–H and O–H groups in total. The van der Waals surface area contributed by atoms with Crippen LogP contribution in [0.25, 0.3) is 49.8 Å². The number of hydrogen-bond acceptors (Lipinski definition) is 1. The number of rotatable bonds is 1. The van der Waals surface area contributed by atoms with Crippen molar-refractivity contribution in [3.05, 3.63) is 102 Å². The molecule has 0 atom stereocenters. The fraction of sp³-hybridized carbons (Fsp3) is 0.0370. The van der Waals surface area contributed by atoms with Gasteiger partial charge in [0.2, 0.25) is 5.88 Å². The van der Waals surface area contributed by atoms with Crippen molar-refractivity contribution in [2.24, 2.45) is 0 Å². The van der Waals surface area contributed by atoms with E-state index in [2.05, 4.69) is 83.4 Å². The second-order valence-corrected chi connectivity index (χ2v) is 7.84. The molecule has 0 unspecified atom stereocenters. The van der Waals surface area contributed by atoms with Crippen LogP contribution >= 0.6 is 0 Å². The van der Waals surface area contributed by atoms with E-state index in [0.717, 1.165) is 23.3 Å². The van der Waals surface area contributed by atoms with Gasteiger partial charge in [-0.1, -0.05) is 60.7 Å². The van der Waals surface area contributed by atoms with Gasteiger partial charge in [-0.2, -0.15) is 0 Å². The van der Waals surface area contributed by atoms with E-state index < -0.39 is 0 Å². The van der Waals surface area contributed by atoms with E-state index in [1.165, 1.54) is 44.1 Å². The molecule has 136 valence electrons. The van der Waals surface area contributed by atoms with Crippen LogP contribution in [0.3, 0.4) is 0 Å². The fourth-order valence-electron chi connectivity index (χ4n) is 4.91. The van der Waals surface area contributed by atoms with Gasteiger partial charge in [0.05, 0.1) is 11.0 Å². The lowest BCUT2D eigenvalue weighted by molar-refractivity contribution is 0.590. The first-order chi connectivity index (χ1) is 14.4. The van der Waals surface area contributed by atoms with E-state index in [1.54, 1.807) is 0 Å². The molecule has 2 nitrogen and oxygen atoms in total. The highest BCUT2D eigenvalue weighted by atomic mass is 16.4. The molecule has 0 bridgehead atoms. The maximum absolute atomic E-state index is 6.27. The number of furan rings is 1. The predicted molar refractivity (Wildman–Crippen MR) is 119 cm³/mol.